The first-order chi connectivity index (χ1) is 9.89. The Kier molecular flexibility index (Phi) is 5.32. The number of hydrogen-bond acceptors (Lipinski definition) is 3. The average molecular weight is 342 g/mol. The van der Waals surface area contributed by atoms with E-state index in [-0.39, 0.29) is 0 Å². The molecule has 2 aromatic rings. The van der Waals surface area contributed by atoms with E-state index in [2.05, 4.69) is 0 Å². The molecule has 0 unspecified atom stereocenters. The van der Waals surface area contributed by atoms with Crippen LogP contribution in [0.2, 0.25) is 5.02 Å². The summed E-state index contributed by atoms with van der Waals surface area (Å²) in [6.07, 6.45) is 0. The molecule has 0 aromatic heterocycles. The number of nitrogens with zero attached hydrogens (tertiary/aromatic N) is 1. The second kappa shape index (κ2) is 6.83. The maximum absolute atomic E-state index is 12.1. The van der Waals surface area contributed by atoms with Crippen molar-refractivity contribution in [1.29, 1.82) is 0 Å². The van der Waals surface area contributed by atoms with Crippen molar-refractivity contribution in [2.45, 2.75) is 15.5 Å². The van der Waals surface area contributed by atoms with E-state index >= 15 is 0 Å². The van der Waals surface area contributed by atoms with Gasteiger partial charge in [0, 0.05) is 29.8 Å². The normalized spacial score (nSPS) is 11.8. The molecule has 3 nitrogen and oxygen atoms in total. The van der Waals surface area contributed by atoms with Crippen molar-refractivity contribution in [2.24, 2.45) is 0 Å². The molecule has 0 aliphatic rings. The molecule has 0 saturated carbocycles. The number of benzene rings is 2. The van der Waals surface area contributed by atoms with Crippen molar-refractivity contribution in [3.05, 3.63) is 59.1 Å². The van der Waals surface area contributed by atoms with Gasteiger partial charge in [-0.1, -0.05) is 23.7 Å². The highest BCUT2D eigenvalue weighted by Gasteiger charge is 2.17. The van der Waals surface area contributed by atoms with Gasteiger partial charge >= 0.3 is 0 Å². The van der Waals surface area contributed by atoms with E-state index < -0.39 is 10.0 Å². The highest BCUT2D eigenvalue weighted by Crippen LogP contribution is 2.25. The van der Waals surface area contributed by atoms with Crippen LogP contribution in [0.3, 0.4) is 0 Å². The van der Waals surface area contributed by atoms with Gasteiger partial charge in [-0.25, -0.2) is 12.7 Å². The summed E-state index contributed by atoms with van der Waals surface area (Å²) < 4.78 is 25.4. The van der Waals surface area contributed by atoms with Crippen molar-refractivity contribution in [1.82, 2.24) is 4.31 Å². The van der Waals surface area contributed by atoms with Gasteiger partial charge in [-0.05, 0) is 42.0 Å². The third-order valence-electron chi connectivity index (χ3n) is 2.90. The van der Waals surface area contributed by atoms with Gasteiger partial charge in [0.25, 0.3) is 0 Å². The van der Waals surface area contributed by atoms with Gasteiger partial charge in [0.15, 0.2) is 0 Å². The summed E-state index contributed by atoms with van der Waals surface area (Å²) in [4.78, 5) is 1.42. The lowest BCUT2D eigenvalue weighted by molar-refractivity contribution is 0.520. The fourth-order valence-corrected chi connectivity index (χ4v) is 3.64. The molecule has 6 heteroatoms. The zero-order valence-electron chi connectivity index (χ0n) is 11.8. The van der Waals surface area contributed by atoms with Crippen LogP contribution in [0.25, 0.3) is 0 Å². The average Bonchev–Trinajstić information content (AvgIpc) is 2.47. The molecule has 0 atom stereocenters. The van der Waals surface area contributed by atoms with Crippen LogP contribution < -0.4 is 0 Å². The van der Waals surface area contributed by atoms with Crippen LogP contribution in [-0.2, 0) is 15.8 Å². The summed E-state index contributed by atoms with van der Waals surface area (Å²) in [6, 6.07) is 14.6. The fraction of sp³-hybridized carbons (Fsp3) is 0.200. The van der Waals surface area contributed by atoms with E-state index in [1.165, 1.54) is 18.4 Å². The molecule has 0 amide bonds. The highest BCUT2D eigenvalue weighted by molar-refractivity contribution is 7.98. The zero-order chi connectivity index (χ0) is 15.5. The summed E-state index contributed by atoms with van der Waals surface area (Å²) >= 11 is 7.49. The molecule has 0 aliphatic heterocycles. The van der Waals surface area contributed by atoms with Crippen molar-refractivity contribution >= 4 is 33.4 Å². The van der Waals surface area contributed by atoms with Crippen LogP contribution in [0.5, 0.6) is 0 Å². The lowest BCUT2D eigenvalue weighted by Gasteiger charge is -2.12. The van der Waals surface area contributed by atoms with Gasteiger partial charge in [0.1, 0.15) is 0 Å². The molecule has 0 N–H and O–H groups in total. The quantitative estimate of drug-likeness (QED) is 0.774. The first kappa shape index (κ1) is 16.4. The Hall–Kier alpha value is -1.01. The highest BCUT2D eigenvalue weighted by atomic mass is 35.5. The van der Waals surface area contributed by atoms with Crippen LogP contribution in [0.15, 0.2) is 58.3 Å². The molecular weight excluding hydrogens is 326 g/mol. The van der Waals surface area contributed by atoms with Crippen LogP contribution in [0.4, 0.5) is 0 Å². The minimum Gasteiger partial charge on any atom is -0.207 e. The van der Waals surface area contributed by atoms with Crippen molar-refractivity contribution in [3.63, 3.8) is 0 Å². The summed E-state index contributed by atoms with van der Waals surface area (Å²) in [5, 5.41) is 0.707. The minimum absolute atomic E-state index is 0.321. The third kappa shape index (κ3) is 4.23. The van der Waals surface area contributed by atoms with E-state index in [0.717, 1.165) is 10.5 Å². The standard InChI is InChI=1S/C15H16ClNO2S2/c1-17(2)21(18,19)15-5-3-4-12(10-15)11-20-14-8-6-13(16)7-9-14/h3-10H,11H2,1-2H3. The maximum atomic E-state index is 12.1. The SMILES string of the molecule is CN(C)S(=O)(=O)c1cccc(CSc2ccc(Cl)cc2)c1. The van der Waals surface area contributed by atoms with Crippen molar-refractivity contribution < 1.29 is 8.42 Å². The molecule has 0 fully saturated rings. The molecule has 0 aliphatic carbocycles. The van der Waals surface area contributed by atoms with Gasteiger partial charge in [0.05, 0.1) is 4.90 Å². The fourth-order valence-electron chi connectivity index (χ4n) is 1.70. The molecule has 112 valence electrons. The Morgan fingerprint density at radius 3 is 2.38 bits per heavy atom. The third-order valence-corrected chi connectivity index (χ3v) is 6.04. The van der Waals surface area contributed by atoms with Gasteiger partial charge in [0.2, 0.25) is 10.0 Å². The Morgan fingerprint density at radius 2 is 1.76 bits per heavy atom. The smallest absolute Gasteiger partial charge is 0.207 e. The Balaban J connectivity index is 2.13. The van der Waals surface area contributed by atoms with E-state index in [9.17, 15) is 8.42 Å². The lowest BCUT2D eigenvalue weighted by atomic mass is 10.2. The van der Waals surface area contributed by atoms with Crippen LogP contribution in [-0.4, -0.2) is 26.8 Å². The molecular formula is C15H16ClNO2S2. The second-order valence-electron chi connectivity index (χ2n) is 4.68. The van der Waals surface area contributed by atoms with E-state index in [1.54, 1.807) is 30.0 Å². The molecule has 2 rings (SSSR count). The van der Waals surface area contributed by atoms with E-state index in [4.69, 9.17) is 11.6 Å². The number of halogens is 1. The second-order valence-corrected chi connectivity index (χ2v) is 8.31. The minimum atomic E-state index is -3.38. The van der Waals surface area contributed by atoms with Crippen molar-refractivity contribution in [2.75, 3.05) is 14.1 Å². The first-order valence-electron chi connectivity index (χ1n) is 6.29. The molecule has 0 radical (unpaired) electrons. The lowest BCUT2D eigenvalue weighted by Crippen LogP contribution is -2.22. The van der Waals surface area contributed by atoms with Crippen LogP contribution >= 0.6 is 23.4 Å². The summed E-state index contributed by atoms with van der Waals surface area (Å²) in [5.74, 6) is 0.707. The van der Waals surface area contributed by atoms with Gasteiger partial charge in [-0.2, -0.15) is 0 Å². The van der Waals surface area contributed by atoms with Crippen molar-refractivity contribution in [3.8, 4) is 0 Å². The molecule has 0 saturated heterocycles. The Labute approximate surface area is 135 Å². The number of rotatable bonds is 5. The van der Waals surface area contributed by atoms with Crippen LogP contribution in [0.1, 0.15) is 5.56 Å². The predicted molar refractivity (Wildman–Crippen MR) is 88.3 cm³/mol. The van der Waals surface area contributed by atoms with Crippen LogP contribution in [0, 0.1) is 0 Å². The molecule has 0 bridgehead atoms. The number of thioether (sulfide) groups is 1. The largest absolute Gasteiger partial charge is 0.242 e. The summed E-state index contributed by atoms with van der Waals surface area (Å²) in [6.45, 7) is 0. The zero-order valence-corrected chi connectivity index (χ0v) is 14.2. The van der Waals surface area contributed by atoms with Gasteiger partial charge < -0.3 is 0 Å². The molecule has 2 aromatic carbocycles. The summed E-state index contributed by atoms with van der Waals surface area (Å²) in [7, 11) is -0.317. The number of sulfonamides is 1. The first-order valence-corrected chi connectivity index (χ1v) is 9.10. The molecule has 0 spiro atoms. The van der Waals surface area contributed by atoms with Gasteiger partial charge in [-0.3, -0.25) is 0 Å². The maximum Gasteiger partial charge on any atom is 0.242 e. The predicted octanol–water partition coefficient (Wildman–Crippen LogP) is 3.88. The Morgan fingerprint density at radius 1 is 1.10 bits per heavy atom. The molecule has 21 heavy (non-hydrogen) atoms. The number of hydrogen-bond donors (Lipinski definition) is 0. The summed E-state index contributed by atoms with van der Waals surface area (Å²) in [5.41, 5.74) is 0.970. The molecule has 0 heterocycles. The monoisotopic (exact) mass is 341 g/mol. The Bertz CT molecular complexity index is 713. The topological polar surface area (TPSA) is 37.4 Å². The van der Waals surface area contributed by atoms with E-state index in [0.29, 0.717) is 15.7 Å². The van der Waals surface area contributed by atoms with E-state index in [1.807, 2.05) is 30.3 Å². The van der Waals surface area contributed by atoms with Gasteiger partial charge in [-0.15, -0.1) is 11.8 Å².